The molecule has 3 unspecified atom stereocenters. The number of nitrogens with zero attached hydrogens (tertiary/aromatic N) is 3. The monoisotopic (exact) mass is 503 g/mol. The van der Waals surface area contributed by atoms with Crippen LogP contribution in [0.5, 0.6) is 0 Å². The summed E-state index contributed by atoms with van der Waals surface area (Å²) in [4.78, 5) is 64.6. The van der Waals surface area contributed by atoms with E-state index in [9.17, 15) is 24.3 Å². The van der Waals surface area contributed by atoms with Crippen molar-refractivity contribution in [3.63, 3.8) is 0 Å². The van der Waals surface area contributed by atoms with Gasteiger partial charge in [0.2, 0.25) is 0 Å². The van der Waals surface area contributed by atoms with Crippen LogP contribution in [0.25, 0.3) is 0 Å². The van der Waals surface area contributed by atoms with Gasteiger partial charge in [0.05, 0.1) is 5.92 Å². The van der Waals surface area contributed by atoms with Crippen molar-refractivity contribution >= 4 is 45.9 Å². The fourth-order valence-electron chi connectivity index (χ4n) is 3.84. The van der Waals surface area contributed by atoms with E-state index in [1.807, 2.05) is 6.07 Å². The second kappa shape index (κ2) is 9.68. The average molecular weight is 503 g/mol. The molecule has 2 fully saturated rings. The largest absolute Gasteiger partial charge is 0.477 e. The Balaban J connectivity index is 1.50. The van der Waals surface area contributed by atoms with Gasteiger partial charge in [-0.1, -0.05) is 35.5 Å². The molecule has 2 aromatic rings. The number of carbonyl (C=O) groups excluding carboxylic acids is 3. The number of carboxylic acid groups (broad SMARTS) is 1. The maximum atomic E-state index is 13.1. The van der Waals surface area contributed by atoms with Crippen LogP contribution in [-0.4, -0.2) is 70.1 Å². The molecule has 2 saturated heterocycles. The molecule has 0 radical (unpaired) electrons. The number of carboxylic acids is 1. The van der Waals surface area contributed by atoms with Crippen LogP contribution < -0.4 is 11.1 Å². The number of hydrogen-bond donors (Lipinski definition) is 3. The second-order valence-corrected chi connectivity index (χ2v) is 8.64. The molecular formula is C21H21N5O8S. The molecular weight excluding hydrogens is 482 g/mol. The van der Waals surface area contributed by atoms with Crippen molar-refractivity contribution < 1.29 is 38.7 Å². The van der Waals surface area contributed by atoms with Gasteiger partial charge < -0.3 is 25.7 Å². The van der Waals surface area contributed by atoms with E-state index in [0.717, 1.165) is 16.9 Å². The van der Waals surface area contributed by atoms with Crippen LogP contribution in [0, 0.1) is 5.92 Å². The lowest BCUT2D eigenvalue weighted by Crippen LogP contribution is -2.57. The molecule has 0 saturated carbocycles. The number of carbonyl (C=O) groups is 4. The Morgan fingerprint density at radius 1 is 1.37 bits per heavy atom. The molecule has 184 valence electrons. The van der Waals surface area contributed by atoms with Gasteiger partial charge in [0.1, 0.15) is 25.5 Å². The van der Waals surface area contributed by atoms with Crippen molar-refractivity contribution in [1.29, 1.82) is 0 Å². The first-order valence-electron chi connectivity index (χ1n) is 10.4. The Bertz CT molecular complexity index is 1190. The van der Waals surface area contributed by atoms with Crippen LogP contribution in [0.2, 0.25) is 0 Å². The Kier molecular flexibility index (Phi) is 6.66. The zero-order valence-corrected chi connectivity index (χ0v) is 19.2. The molecule has 35 heavy (non-hydrogen) atoms. The van der Waals surface area contributed by atoms with Crippen LogP contribution in [0.3, 0.4) is 0 Å². The fraction of sp³-hybridized carbons (Fsp3) is 0.333. The minimum Gasteiger partial charge on any atom is -0.477 e. The van der Waals surface area contributed by atoms with E-state index in [2.05, 4.69) is 15.5 Å². The zero-order chi connectivity index (χ0) is 25.2. The van der Waals surface area contributed by atoms with Crippen LogP contribution >= 0.6 is 11.3 Å². The summed E-state index contributed by atoms with van der Waals surface area (Å²) in [6, 6.07) is 7.72. The lowest BCUT2D eigenvalue weighted by atomic mass is 9.93. The molecule has 4 rings (SSSR count). The number of amides is 2. The number of oxime groups is 1. The quantitative estimate of drug-likeness (QED) is 0.250. The van der Waals surface area contributed by atoms with Gasteiger partial charge in [-0.05, 0) is 12.0 Å². The molecule has 3 heterocycles. The van der Waals surface area contributed by atoms with Crippen LogP contribution in [0.1, 0.15) is 17.7 Å². The number of aliphatic carboxylic acids is 1. The van der Waals surface area contributed by atoms with Gasteiger partial charge in [-0.2, -0.15) is 5.06 Å². The molecule has 2 amide bonds. The first-order valence-corrected chi connectivity index (χ1v) is 11.2. The fourth-order valence-corrected chi connectivity index (χ4v) is 4.38. The number of nitrogens with one attached hydrogen (secondary N) is 1. The van der Waals surface area contributed by atoms with Gasteiger partial charge >= 0.3 is 17.7 Å². The van der Waals surface area contributed by atoms with Gasteiger partial charge in [-0.3, -0.25) is 19.2 Å². The van der Waals surface area contributed by atoms with E-state index in [0.29, 0.717) is 5.06 Å². The van der Waals surface area contributed by atoms with Gasteiger partial charge in [-0.25, -0.2) is 9.78 Å². The summed E-state index contributed by atoms with van der Waals surface area (Å²) in [7, 11) is 1.23. The molecule has 1 aromatic carbocycles. The van der Waals surface area contributed by atoms with Crippen molar-refractivity contribution in [2.45, 2.75) is 24.6 Å². The molecule has 4 N–H and O–H groups in total. The third-order valence-electron chi connectivity index (χ3n) is 5.45. The van der Waals surface area contributed by atoms with Crippen LogP contribution in [0.4, 0.5) is 5.13 Å². The van der Waals surface area contributed by atoms with Gasteiger partial charge in [0, 0.05) is 11.8 Å². The molecule has 14 heteroatoms. The number of esters is 1. The number of nitrogen functional groups attached to an aromatic ring is 1. The smallest absolute Gasteiger partial charge is 0.372 e. The van der Waals surface area contributed by atoms with Crippen LogP contribution in [0.15, 0.2) is 40.9 Å². The first-order chi connectivity index (χ1) is 16.7. The maximum Gasteiger partial charge on any atom is 0.372 e. The number of anilines is 1. The Morgan fingerprint density at radius 3 is 2.74 bits per heavy atom. The van der Waals surface area contributed by atoms with Gasteiger partial charge in [0.15, 0.2) is 10.8 Å². The highest BCUT2D eigenvalue weighted by Gasteiger charge is 2.62. The number of benzene rings is 1. The lowest BCUT2D eigenvalue weighted by Gasteiger charge is -2.30. The zero-order valence-electron chi connectivity index (χ0n) is 18.4. The number of aromatic nitrogens is 1. The Morgan fingerprint density at radius 2 is 2.11 bits per heavy atom. The van der Waals surface area contributed by atoms with Gasteiger partial charge in [-0.15, -0.1) is 11.3 Å². The minimum atomic E-state index is -2.36. The van der Waals surface area contributed by atoms with E-state index in [1.54, 1.807) is 24.3 Å². The SMILES string of the molecule is CO/N=C(\C(=O)NC1CON(C2(C(=O)O)CC(Cc3ccccc3)C(=O)O2)C1=O)c1csc(N)n1. The van der Waals surface area contributed by atoms with E-state index >= 15 is 0 Å². The van der Waals surface area contributed by atoms with Crippen molar-refractivity contribution in [2.75, 3.05) is 19.5 Å². The maximum absolute atomic E-state index is 13.1. The molecule has 13 nitrogen and oxygen atoms in total. The number of nitrogens with two attached hydrogens (primary N) is 1. The third kappa shape index (κ3) is 4.65. The first kappa shape index (κ1) is 24.1. The van der Waals surface area contributed by atoms with Crippen molar-refractivity contribution in [2.24, 2.45) is 11.1 Å². The standard InChI is InChI=1S/C21H21N5O8S/c1-32-25-15(14-10-35-20(22)24-14)16(27)23-13-9-33-26(17(13)28)21(19(30)31)8-12(18(29)34-21)7-11-5-3-2-4-6-11/h2-6,10,12-13H,7-9H2,1H3,(H2,22,24)(H,23,27)(H,30,31)/b25-15-. The number of rotatable bonds is 8. The van der Waals surface area contributed by atoms with E-state index < -0.39 is 41.4 Å². The summed E-state index contributed by atoms with van der Waals surface area (Å²) in [5.74, 6) is -4.87. The van der Waals surface area contributed by atoms with Crippen molar-refractivity contribution in [3.8, 4) is 0 Å². The Hall–Kier alpha value is -4.04. The van der Waals surface area contributed by atoms with E-state index in [-0.39, 0.29) is 36.0 Å². The lowest BCUT2D eigenvalue weighted by molar-refractivity contribution is -0.256. The summed E-state index contributed by atoms with van der Waals surface area (Å²) in [5.41, 5.74) is 3.94. The summed E-state index contributed by atoms with van der Waals surface area (Å²) >= 11 is 1.08. The molecule has 3 atom stereocenters. The normalized spacial score (nSPS) is 24.4. The molecule has 1 aromatic heterocycles. The summed E-state index contributed by atoms with van der Waals surface area (Å²) < 4.78 is 5.22. The number of hydrogen-bond acceptors (Lipinski definition) is 11. The summed E-state index contributed by atoms with van der Waals surface area (Å²) in [5, 5.41) is 18.2. The molecule has 0 aliphatic carbocycles. The van der Waals surface area contributed by atoms with E-state index in [4.69, 9.17) is 20.1 Å². The number of cyclic esters (lactones) is 1. The Labute approximate surface area is 202 Å². The minimum absolute atomic E-state index is 0.130. The highest BCUT2D eigenvalue weighted by molar-refractivity contribution is 7.13. The topological polar surface area (TPSA) is 183 Å². The molecule has 0 spiro atoms. The van der Waals surface area contributed by atoms with Crippen LogP contribution in [-0.2, 0) is 40.0 Å². The molecule has 0 bridgehead atoms. The number of ether oxygens (including phenoxy) is 1. The summed E-state index contributed by atoms with van der Waals surface area (Å²) in [6.07, 6.45) is -0.0958. The second-order valence-electron chi connectivity index (χ2n) is 7.75. The van der Waals surface area contributed by atoms with Gasteiger partial charge in [0.25, 0.3) is 11.8 Å². The molecule has 2 aliphatic rings. The third-order valence-corrected chi connectivity index (χ3v) is 6.12. The summed E-state index contributed by atoms with van der Waals surface area (Å²) in [6.45, 7) is -0.389. The number of thiazole rings is 1. The van der Waals surface area contributed by atoms with Crippen molar-refractivity contribution in [3.05, 3.63) is 47.0 Å². The number of hydroxylamine groups is 2. The molecule has 2 aliphatic heterocycles. The highest BCUT2D eigenvalue weighted by Crippen LogP contribution is 2.38. The van der Waals surface area contributed by atoms with Crippen molar-refractivity contribution in [1.82, 2.24) is 15.4 Å². The predicted octanol–water partition coefficient (Wildman–Crippen LogP) is -0.0789. The predicted molar refractivity (Wildman–Crippen MR) is 120 cm³/mol. The highest BCUT2D eigenvalue weighted by atomic mass is 32.1. The van der Waals surface area contributed by atoms with E-state index in [1.165, 1.54) is 12.5 Å². The average Bonchev–Trinajstić information content (AvgIpc) is 3.51.